The second-order valence-corrected chi connectivity index (χ2v) is 8.44. The van der Waals surface area contributed by atoms with E-state index in [1.807, 2.05) is 12.1 Å². The average molecular weight is 439 g/mol. The first-order valence-electron chi connectivity index (χ1n) is 11.0. The van der Waals surface area contributed by atoms with Gasteiger partial charge in [0.15, 0.2) is 0 Å². The molecule has 32 heavy (non-hydrogen) atoms. The van der Waals surface area contributed by atoms with Crippen LogP contribution in [0.1, 0.15) is 67.9 Å². The van der Waals surface area contributed by atoms with Gasteiger partial charge in [-0.3, -0.25) is 14.4 Å². The third-order valence-electron chi connectivity index (χ3n) is 5.49. The van der Waals surface area contributed by atoms with Crippen LogP contribution in [0.25, 0.3) is 0 Å². The Labute approximate surface area is 188 Å². The normalized spacial score (nSPS) is 14.7. The lowest BCUT2D eigenvalue weighted by Crippen LogP contribution is -2.30. The summed E-state index contributed by atoms with van der Waals surface area (Å²) in [6, 6.07) is 13.1. The van der Waals surface area contributed by atoms with Crippen molar-refractivity contribution < 1.29 is 24.2 Å². The molecule has 0 radical (unpaired) electrons. The number of carboxylic acids is 1. The van der Waals surface area contributed by atoms with Crippen molar-refractivity contribution in [2.75, 3.05) is 5.32 Å². The number of amides is 2. The van der Waals surface area contributed by atoms with E-state index in [1.54, 1.807) is 50.2 Å². The Bertz CT molecular complexity index is 949. The zero-order valence-corrected chi connectivity index (χ0v) is 18.5. The lowest BCUT2D eigenvalue weighted by atomic mass is 10.0. The predicted molar refractivity (Wildman–Crippen MR) is 122 cm³/mol. The van der Waals surface area contributed by atoms with Crippen molar-refractivity contribution in [1.82, 2.24) is 5.32 Å². The monoisotopic (exact) mass is 438 g/mol. The summed E-state index contributed by atoms with van der Waals surface area (Å²) in [5, 5.41) is 14.9. The molecule has 1 fully saturated rings. The van der Waals surface area contributed by atoms with Crippen molar-refractivity contribution in [2.24, 2.45) is 5.92 Å². The van der Waals surface area contributed by atoms with Gasteiger partial charge in [-0.15, -0.1) is 0 Å². The largest absolute Gasteiger partial charge is 0.490 e. The molecular weight excluding hydrogens is 408 g/mol. The van der Waals surface area contributed by atoms with E-state index in [0.29, 0.717) is 16.8 Å². The standard InChI is InChI=1S/C25H30N2O5/c1-16(2)24(30)26-19-7-5-6-18(14-19)25(31)27-22(15-23(28)29)17-10-12-21(13-11-17)32-20-8-3-4-9-20/h5-7,10-14,16,20,22H,3-4,8-9,15H2,1-2H3,(H,26,30)(H,27,31)(H,28,29). The molecule has 7 nitrogen and oxygen atoms in total. The van der Waals surface area contributed by atoms with Crippen LogP contribution in [-0.4, -0.2) is 29.0 Å². The van der Waals surface area contributed by atoms with E-state index in [4.69, 9.17) is 4.74 Å². The zero-order valence-electron chi connectivity index (χ0n) is 18.5. The molecule has 1 unspecified atom stereocenters. The first-order valence-corrected chi connectivity index (χ1v) is 11.0. The third kappa shape index (κ3) is 6.57. The molecule has 1 atom stereocenters. The second-order valence-electron chi connectivity index (χ2n) is 8.44. The lowest BCUT2D eigenvalue weighted by Gasteiger charge is -2.19. The van der Waals surface area contributed by atoms with Gasteiger partial charge in [0.1, 0.15) is 5.75 Å². The summed E-state index contributed by atoms with van der Waals surface area (Å²) in [6.07, 6.45) is 4.44. The fourth-order valence-electron chi connectivity index (χ4n) is 3.67. The minimum Gasteiger partial charge on any atom is -0.490 e. The van der Waals surface area contributed by atoms with Crippen LogP contribution >= 0.6 is 0 Å². The summed E-state index contributed by atoms with van der Waals surface area (Å²) in [7, 11) is 0. The quantitative estimate of drug-likeness (QED) is 0.533. The molecule has 1 saturated carbocycles. The lowest BCUT2D eigenvalue weighted by molar-refractivity contribution is -0.137. The summed E-state index contributed by atoms with van der Waals surface area (Å²) in [4.78, 5) is 36.2. The summed E-state index contributed by atoms with van der Waals surface area (Å²) < 4.78 is 5.96. The van der Waals surface area contributed by atoms with E-state index in [9.17, 15) is 19.5 Å². The fourth-order valence-corrected chi connectivity index (χ4v) is 3.67. The van der Waals surface area contributed by atoms with Gasteiger partial charge in [0, 0.05) is 17.2 Å². The highest BCUT2D eigenvalue weighted by Crippen LogP contribution is 2.26. The molecule has 170 valence electrons. The molecule has 2 aromatic carbocycles. The highest BCUT2D eigenvalue weighted by molar-refractivity contribution is 5.97. The molecule has 0 bridgehead atoms. The highest BCUT2D eigenvalue weighted by Gasteiger charge is 2.21. The molecule has 3 rings (SSSR count). The smallest absolute Gasteiger partial charge is 0.305 e. The van der Waals surface area contributed by atoms with Crippen molar-refractivity contribution in [2.45, 2.75) is 58.1 Å². The summed E-state index contributed by atoms with van der Waals surface area (Å²) in [5.41, 5.74) is 1.53. The molecule has 7 heteroatoms. The van der Waals surface area contributed by atoms with Gasteiger partial charge in [-0.1, -0.05) is 32.0 Å². The summed E-state index contributed by atoms with van der Waals surface area (Å²) in [6.45, 7) is 3.57. The average Bonchev–Trinajstić information content (AvgIpc) is 3.26. The first kappa shape index (κ1) is 23.3. The Morgan fingerprint density at radius 3 is 2.38 bits per heavy atom. The fraction of sp³-hybridized carbons (Fsp3) is 0.400. The Morgan fingerprint density at radius 2 is 1.75 bits per heavy atom. The number of carboxylic acid groups (broad SMARTS) is 1. The SMILES string of the molecule is CC(C)C(=O)Nc1cccc(C(=O)NC(CC(=O)O)c2ccc(OC3CCCC3)cc2)c1. The first-order chi connectivity index (χ1) is 15.3. The Balaban J connectivity index is 1.70. The minimum absolute atomic E-state index is 0.147. The predicted octanol–water partition coefficient (Wildman–Crippen LogP) is 4.55. The van der Waals surface area contributed by atoms with Crippen molar-refractivity contribution in [3.05, 3.63) is 59.7 Å². The summed E-state index contributed by atoms with van der Waals surface area (Å²) >= 11 is 0. The highest BCUT2D eigenvalue weighted by atomic mass is 16.5. The third-order valence-corrected chi connectivity index (χ3v) is 5.49. The van der Waals surface area contributed by atoms with Gasteiger partial charge in [-0.2, -0.15) is 0 Å². The molecule has 2 aromatic rings. The molecule has 0 aliphatic heterocycles. The van der Waals surface area contributed by atoms with Gasteiger partial charge < -0.3 is 20.5 Å². The van der Waals surface area contributed by atoms with Gasteiger partial charge in [-0.05, 0) is 61.6 Å². The molecule has 0 heterocycles. The van der Waals surface area contributed by atoms with E-state index in [0.717, 1.165) is 18.6 Å². The zero-order chi connectivity index (χ0) is 23.1. The number of carbonyl (C=O) groups excluding carboxylic acids is 2. The number of anilines is 1. The van der Waals surface area contributed by atoms with E-state index in [-0.39, 0.29) is 24.3 Å². The van der Waals surface area contributed by atoms with Gasteiger partial charge in [0.2, 0.25) is 5.91 Å². The number of benzene rings is 2. The maximum absolute atomic E-state index is 12.8. The van der Waals surface area contributed by atoms with Crippen LogP contribution in [-0.2, 0) is 9.59 Å². The van der Waals surface area contributed by atoms with Crippen LogP contribution < -0.4 is 15.4 Å². The van der Waals surface area contributed by atoms with E-state index >= 15 is 0 Å². The van der Waals surface area contributed by atoms with Crippen LogP contribution in [0.3, 0.4) is 0 Å². The van der Waals surface area contributed by atoms with Crippen LogP contribution in [0.15, 0.2) is 48.5 Å². The van der Waals surface area contributed by atoms with Gasteiger partial charge in [-0.25, -0.2) is 0 Å². The molecule has 2 amide bonds. The number of carbonyl (C=O) groups is 3. The van der Waals surface area contributed by atoms with Gasteiger partial charge >= 0.3 is 5.97 Å². The molecule has 0 aromatic heterocycles. The minimum atomic E-state index is -1.01. The van der Waals surface area contributed by atoms with Crippen molar-refractivity contribution in [3.8, 4) is 5.75 Å². The number of aliphatic carboxylic acids is 1. The molecule has 1 aliphatic rings. The molecule has 3 N–H and O–H groups in total. The number of rotatable bonds is 9. The van der Waals surface area contributed by atoms with Gasteiger partial charge in [0.25, 0.3) is 5.91 Å². The second kappa shape index (κ2) is 10.8. The number of ether oxygens (including phenoxy) is 1. The van der Waals surface area contributed by atoms with Crippen molar-refractivity contribution >= 4 is 23.5 Å². The number of hydrogen-bond acceptors (Lipinski definition) is 4. The van der Waals surface area contributed by atoms with E-state index in [1.165, 1.54) is 12.8 Å². The van der Waals surface area contributed by atoms with Crippen LogP contribution in [0.2, 0.25) is 0 Å². The van der Waals surface area contributed by atoms with Crippen molar-refractivity contribution in [3.63, 3.8) is 0 Å². The molecule has 0 spiro atoms. The van der Waals surface area contributed by atoms with Crippen LogP contribution in [0, 0.1) is 5.92 Å². The van der Waals surface area contributed by atoms with Crippen LogP contribution in [0.5, 0.6) is 5.75 Å². The molecule has 1 aliphatic carbocycles. The molecule has 0 saturated heterocycles. The number of hydrogen-bond donors (Lipinski definition) is 3. The van der Waals surface area contributed by atoms with E-state index in [2.05, 4.69) is 10.6 Å². The van der Waals surface area contributed by atoms with Crippen LogP contribution in [0.4, 0.5) is 5.69 Å². The maximum Gasteiger partial charge on any atom is 0.305 e. The Morgan fingerprint density at radius 1 is 1.06 bits per heavy atom. The van der Waals surface area contributed by atoms with Gasteiger partial charge in [0.05, 0.1) is 18.6 Å². The Kier molecular flexibility index (Phi) is 7.87. The topological polar surface area (TPSA) is 105 Å². The number of nitrogens with one attached hydrogen (secondary N) is 2. The Hall–Kier alpha value is -3.35. The van der Waals surface area contributed by atoms with Crippen molar-refractivity contribution in [1.29, 1.82) is 0 Å². The summed E-state index contributed by atoms with van der Waals surface area (Å²) in [5.74, 6) is -1.02. The van der Waals surface area contributed by atoms with E-state index < -0.39 is 17.9 Å². The molecular formula is C25H30N2O5. The maximum atomic E-state index is 12.8.